The molecule has 0 saturated heterocycles. The maximum absolute atomic E-state index is 11.8. The lowest BCUT2D eigenvalue weighted by Crippen LogP contribution is -2.34. The lowest BCUT2D eigenvalue weighted by Gasteiger charge is -2.11. The summed E-state index contributed by atoms with van der Waals surface area (Å²) in [5.41, 5.74) is 0.383. The average molecular weight is 270 g/mol. The lowest BCUT2D eigenvalue weighted by atomic mass is 10.2. The van der Waals surface area contributed by atoms with Crippen LogP contribution in [0.15, 0.2) is 29.2 Å². The van der Waals surface area contributed by atoms with Gasteiger partial charge in [0.15, 0.2) is 0 Å². The second-order valence-electron chi connectivity index (χ2n) is 3.60. The standard InChI is InChI=1S/C11H14N2O4S/c1-17-8-10(14)7-13-18(15,16)11-4-2-9(6-12)3-5-11/h2-5,10,13-14H,7-8H2,1H3. The van der Waals surface area contributed by atoms with Gasteiger partial charge in [-0.05, 0) is 24.3 Å². The smallest absolute Gasteiger partial charge is 0.240 e. The predicted octanol–water partition coefficient (Wildman–Crippen LogP) is -0.156. The van der Waals surface area contributed by atoms with Crippen LogP contribution in [0.2, 0.25) is 0 Å². The summed E-state index contributed by atoms with van der Waals surface area (Å²) in [6.07, 6.45) is -0.900. The Morgan fingerprint density at radius 3 is 2.56 bits per heavy atom. The van der Waals surface area contributed by atoms with Crippen LogP contribution in [0.25, 0.3) is 0 Å². The molecule has 0 amide bonds. The largest absolute Gasteiger partial charge is 0.389 e. The minimum atomic E-state index is -3.67. The van der Waals surface area contributed by atoms with E-state index in [0.29, 0.717) is 5.56 Å². The van der Waals surface area contributed by atoms with Gasteiger partial charge in [-0.3, -0.25) is 0 Å². The van der Waals surface area contributed by atoms with Crippen molar-refractivity contribution in [1.82, 2.24) is 4.72 Å². The first-order valence-electron chi connectivity index (χ1n) is 5.16. The second-order valence-corrected chi connectivity index (χ2v) is 5.36. The minimum Gasteiger partial charge on any atom is -0.389 e. The fourth-order valence-corrected chi connectivity index (χ4v) is 2.32. The van der Waals surface area contributed by atoms with Crippen molar-refractivity contribution in [1.29, 1.82) is 5.26 Å². The van der Waals surface area contributed by atoms with E-state index in [-0.39, 0.29) is 18.0 Å². The fraction of sp³-hybridized carbons (Fsp3) is 0.364. The van der Waals surface area contributed by atoms with Crippen LogP contribution in [0.5, 0.6) is 0 Å². The van der Waals surface area contributed by atoms with Gasteiger partial charge in [0, 0.05) is 13.7 Å². The summed E-state index contributed by atoms with van der Waals surface area (Å²) in [7, 11) is -2.26. The zero-order valence-corrected chi connectivity index (χ0v) is 10.6. The molecule has 0 aromatic heterocycles. The van der Waals surface area contributed by atoms with Crippen molar-refractivity contribution in [2.45, 2.75) is 11.0 Å². The number of rotatable bonds is 6. The van der Waals surface area contributed by atoms with E-state index in [4.69, 9.17) is 5.26 Å². The number of nitriles is 1. The Morgan fingerprint density at radius 1 is 1.44 bits per heavy atom. The maximum atomic E-state index is 11.8. The van der Waals surface area contributed by atoms with Crippen LogP contribution in [0.4, 0.5) is 0 Å². The number of hydrogen-bond donors (Lipinski definition) is 2. The topological polar surface area (TPSA) is 99.4 Å². The molecule has 7 heteroatoms. The third kappa shape index (κ3) is 4.09. The molecule has 0 bridgehead atoms. The molecule has 0 aliphatic carbocycles. The number of nitrogens with zero attached hydrogens (tertiary/aromatic N) is 1. The van der Waals surface area contributed by atoms with E-state index in [0.717, 1.165) is 0 Å². The van der Waals surface area contributed by atoms with Gasteiger partial charge in [-0.25, -0.2) is 13.1 Å². The molecule has 0 spiro atoms. The molecule has 0 fully saturated rings. The summed E-state index contributed by atoms with van der Waals surface area (Å²) in [6, 6.07) is 7.41. The minimum absolute atomic E-state index is 0.0473. The molecule has 98 valence electrons. The summed E-state index contributed by atoms with van der Waals surface area (Å²) in [5, 5.41) is 18.0. The Kier molecular flexibility index (Phi) is 5.25. The molecule has 2 N–H and O–H groups in total. The molecule has 0 heterocycles. The molecule has 1 atom stereocenters. The molecular weight excluding hydrogens is 256 g/mol. The number of aliphatic hydroxyl groups excluding tert-OH is 1. The van der Waals surface area contributed by atoms with Crippen molar-refractivity contribution in [2.24, 2.45) is 0 Å². The fourth-order valence-electron chi connectivity index (χ4n) is 1.25. The average Bonchev–Trinajstić information content (AvgIpc) is 2.37. The Hall–Kier alpha value is -1.46. The molecule has 1 rings (SSSR count). The quantitative estimate of drug-likeness (QED) is 0.748. The molecule has 1 aromatic rings. The Balaban J connectivity index is 2.71. The van der Waals surface area contributed by atoms with E-state index >= 15 is 0 Å². The van der Waals surface area contributed by atoms with E-state index in [1.165, 1.54) is 31.4 Å². The molecular formula is C11H14N2O4S. The number of ether oxygens (including phenoxy) is 1. The van der Waals surface area contributed by atoms with Gasteiger partial charge < -0.3 is 9.84 Å². The molecule has 0 aliphatic heterocycles. The Labute approximate surface area is 106 Å². The van der Waals surface area contributed by atoms with Crippen LogP contribution in [0, 0.1) is 11.3 Å². The molecule has 0 saturated carbocycles. The molecule has 0 radical (unpaired) electrons. The van der Waals surface area contributed by atoms with Gasteiger partial charge >= 0.3 is 0 Å². The predicted molar refractivity (Wildman–Crippen MR) is 64.2 cm³/mol. The van der Waals surface area contributed by atoms with Gasteiger partial charge in [0.2, 0.25) is 10.0 Å². The first-order valence-corrected chi connectivity index (χ1v) is 6.64. The Bertz CT molecular complexity index is 519. The molecule has 0 aliphatic rings. The number of benzene rings is 1. The number of sulfonamides is 1. The van der Waals surface area contributed by atoms with Crippen molar-refractivity contribution in [3.63, 3.8) is 0 Å². The number of aliphatic hydroxyl groups is 1. The zero-order valence-electron chi connectivity index (χ0n) is 9.83. The van der Waals surface area contributed by atoms with E-state index in [9.17, 15) is 13.5 Å². The number of methoxy groups -OCH3 is 1. The van der Waals surface area contributed by atoms with Gasteiger partial charge in [-0.15, -0.1) is 0 Å². The highest BCUT2D eigenvalue weighted by atomic mass is 32.2. The van der Waals surface area contributed by atoms with E-state index < -0.39 is 16.1 Å². The van der Waals surface area contributed by atoms with Gasteiger partial charge in [0.05, 0.1) is 29.2 Å². The SMILES string of the molecule is COCC(O)CNS(=O)(=O)c1ccc(C#N)cc1. The summed E-state index contributed by atoms with van der Waals surface area (Å²) >= 11 is 0. The second kappa shape index (κ2) is 6.47. The van der Waals surface area contributed by atoms with Crippen molar-refractivity contribution < 1.29 is 18.3 Å². The highest BCUT2D eigenvalue weighted by Crippen LogP contribution is 2.09. The monoisotopic (exact) mass is 270 g/mol. The summed E-state index contributed by atoms with van der Waals surface area (Å²) in [6.45, 7) is -0.0773. The number of hydrogen-bond acceptors (Lipinski definition) is 5. The summed E-state index contributed by atoms with van der Waals surface area (Å²) in [5.74, 6) is 0. The van der Waals surface area contributed by atoms with E-state index in [2.05, 4.69) is 9.46 Å². The lowest BCUT2D eigenvalue weighted by molar-refractivity contribution is 0.0679. The zero-order chi connectivity index (χ0) is 13.6. The van der Waals surface area contributed by atoms with Gasteiger partial charge in [0.25, 0.3) is 0 Å². The third-order valence-electron chi connectivity index (χ3n) is 2.16. The third-order valence-corrected chi connectivity index (χ3v) is 3.60. The van der Waals surface area contributed by atoms with Crippen molar-refractivity contribution in [3.8, 4) is 6.07 Å². The highest BCUT2D eigenvalue weighted by Gasteiger charge is 2.15. The van der Waals surface area contributed by atoms with Crippen LogP contribution in [-0.2, 0) is 14.8 Å². The summed E-state index contributed by atoms with van der Waals surface area (Å²) < 4.78 is 30.5. The van der Waals surface area contributed by atoms with Crippen molar-refractivity contribution in [2.75, 3.05) is 20.3 Å². The normalized spacial score (nSPS) is 12.9. The Morgan fingerprint density at radius 2 is 2.06 bits per heavy atom. The van der Waals surface area contributed by atoms with Crippen LogP contribution < -0.4 is 4.72 Å². The molecule has 1 aromatic carbocycles. The molecule has 18 heavy (non-hydrogen) atoms. The van der Waals surface area contributed by atoms with Gasteiger partial charge in [-0.2, -0.15) is 5.26 Å². The first kappa shape index (κ1) is 14.6. The van der Waals surface area contributed by atoms with Crippen LogP contribution in [-0.4, -0.2) is 39.9 Å². The summed E-state index contributed by atoms with van der Waals surface area (Å²) in [4.78, 5) is 0.0473. The first-order chi connectivity index (χ1) is 8.49. The van der Waals surface area contributed by atoms with Crippen LogP contribution >= 0.6 is 0 Å². The molecule has 1 unspecified atom stereocenters. The highest BCUT2D eigenvalue weighted by molar-refractivity contribution is 7.89. The van der Waals surface area contributed by atoms with Gasteiger partial charge in [0.1, 0.15) is 0 Å². The van der Waals surface area contributed by atoms with Gasteiger partial charge in [-0.1, -0.05) is 0 Å². The maximum Gasteiger partial charge on any atom is 0.240 e. The van der Waals surface area contributed by atoms with Crippen LogP contribution in [0.3, 0.4) is 0 Å². The van der Waals surface area contributed by atoms with Crippen LogP contribution in [0.1, 0.15) is 5.56 Å². The van der Waals surface area contributed by atoms with E-state index in [1.807, 2.05) is 6.07 Å². The number of nitrogens with one attached hydrogen (secondary N) is 1. The van der Waals surface area contributed by atoms with E-state index in [1.54, 1.807) is 0 Å². The van der Waals surface area contributed by atoms with Crippen molar-refractivity contribution >= 4 is 10.0 Å². The van der Waals surface area contributed by atoms with Crippen molar-refractivity contribution in [3.05, 3.63) is 29.8 Å². The molecule has 6 nitrogen and oxygen atoms in total.